The van der Waals surface area contributed by atoms with Gasteiger partial charge in [-0.05, 0) is 47.2 Å². The third-order valence-corrected chi connectivity index (χ3v) is 4.74. The highest BCUT2D eigenvalue weighted by molar-refractivity contribution is 14.2. The van der Waals surface area contributed by atoms with Gasteiger partial charge in [-0.1, -0.05) is 23.2 Å². The Balaban J connectivity index is 2.20. The van der Waals surface area contributed by atoms with Crippen molar-refractivity contribution in [2.75, 3.05) is 5.09 Å². The number of pyridine rings is 1. The van der Waals surface area contributed by atoms with Crippen LogP contribution in [0.1, 0.15) is 18.1 Å². The number of nitrogens with zero attached hydrogens (tertiary/aromatic N) is 1. The number of nitrogens with one attached hydrogen (secondary N) is 2. The van der Waals surface area contributed by atoms with Crippen LogP contribution < -0.4 is 9.82 Å². The summed E-state index contributed by atoms with van der Waals surface area (Å²) >= 11 is 14.4. The number of hydrogen-bond acceptors (Lipinski definition) is 4. The molecule has 2 rings (SSSR count). The lowest BCUT2D eigenvalue weighted by atomic mass is 10.1. The van der Waals surface area contributed by atoms with Crippen molar-refractivity contribution in [1.82, 2.24) is 4.98 Å². The van der Waals surface area contributed by atoms with Crippen LogP contribution in [-0.4, -0.2) is 10.7 Å². The first-order valence-corrected chi connectivity index (χ1v) is 11.1. The Hall–Kier alpha value is -0.620. The smallest absolute Gasteiger partial charge is 0.120 e. The number of hydrogen-bond donors (Lipinski definition) is 2. The molecule has 1 heterocycles. The fraction of sp³-hybridized carbons (Fsp3) is 0.143. The summed E-state index contributed by atoms with van der Waals surface area (Å²) in [6.07, 6.45) is 3.61. The van der Waals surface area contributed by atoms with Crippen molar-refractivity contribution in [2.24, 2.45) is 0 Å². The molecule has 1 aromatic carbocycles. The molecule has 1 atom stereocenters. The van der Waals surface area contributed by atoms with Crippen molar-refractivity contribution in [3.63, 3.8) is 0 Å². The highest BCUT2D eigenvalue weighted by Crippen LogP contribution is 2.31. The maximum Gasteiger partial charge on any atom is 0.120 e. The van der Waals surface area contributed by atoms with Crippen molar-refractivity contribution in [1.29, 1.82) is 5.41 Å². The summed E-state index contributed by atoms with van der Waals surface area (Å²) in [5.41, 5.74) is 2.91. The largest absolute Gasteiger partial charge is 0.489 e. The molecule has 0 radical (unpaired) electrons. The van der Waals surface area contributed by atoms with Gasteiger partial charge in [-0.2, -0.15) is 0 Å². The van der Waals surface area contributed by atoms with E-state index in [2.05, 4.69) is 32.1 Å². The van der Waals surface area contributed by atoms with Gasteiger partial charge in [0, 0.05) is 41.3 Å². The van der Waals surface area contributed by atoms with Crippen molar-refractivity contribution in [2.45, 2.75) is 13.5 Å². The molecule has 22 heavy (non-hydrogen) atoms. The third kappa shape index (κ3) is 4.44. The fourth-order valence-electron chi connectivity index (χ4n) is 1.81. The predicted molar refractivity (Wildman–Crippen MR) is 103 cm³/mol. The standard InChI is InChI=1S/C14H13Cl2IN3OP/c1-8(18)10-4-9(2-3-14(10)20-22-17)21-7-11-12(15)5-19-6-13(11)16/h2-6,18,20,22H,7H2,1H3. The van der Waals surface area contributed by atoms with Crippen molar-refractivity contribution in [3.8, 4) is 5.75 Å². The molecule has 0 aliphatic rings. The minimum Gasteiger partial charge on any atom is -0.489 e. The van der Waals surface area contributed by atoms with E-state index in [1.54, 1.807) is 6.92 Å². The van der Waals surface area contributed by atoms with Gasteiger partial charge < -0.3 is 15.2 Å². The number of rotatable bonds is 6. The van der Waals surface area contributed by atoms with E-state index in [0.717, 1.165) is 11.3 Å². The van der Waals surface area contributed by atoms with E-state index in [-0.39, 0.29) is 6.61 Å². The summed E-state index contributed by atoms with van der Waals surface area (Å²) in [4.78, 5) is 3.91. The van der Waals surface area contributed by atoms with Crippen molar-refractivity contribution < 1.29 is 4.74 Å². The fourth-order valence-corrected chi connectivity index (χ4v) is 3.48. The molecule has 116 valence electrons. The van der Waals surface area contributed by atoms with Crippen LogP contribution >= 0.6 is 51.6 Å². The van der Waals surface area contributed by atoms with E-state index in [0.29, 0.717) is 33.4 Å². The lowest BCUT2D eigenvalue weighted by Crippen LogP contribution is -2.01. The number of anilines is 1. The summed E-state index contributed by atoms with van der Waals surface area (Å²) in [5.74, 6) is 0.660. The van der Waals surface area contributed by atoms with E-state index < -0.39 is 0 Å². The van der Waals surface area contributed by atoms with E-state index in [4.69, 9.17) is 33.3 Å². The van der Waals surface area contributed by atoms with Crippen molar-refractivity contribution in [3.05, 3.63) is 51.8 Å². The number of benzene rings is 1. The first-order chi connectivity index (χ1) is 10.5. The lowest BCUT2D eigenvalue weighted by molar-refractivity contribution is 0.306. The van der Waals surface area contributed by atoms with Gasteiger partial charge in [0.05, 0.1) is 10.0 Å². The first-order valence-electron chi connectivity index (χ1n) is 6.25. The molecular weight excluding hydrogens is 455 g/mol. The van der Waals surface area contributed by atoms with E-state index in [1.807, 2.05) is 18.2 Å². The van der Waals surface area contributed by atoms with Gasteiger partial charge in [-0.25, -0.2) is 0 Å². The van der Waals surface area contributed by atoms with E-state index in [9.17, 15) is 0 Å². The van der Waals surface area contributed by atoms with Crippen LogP contribution in [-0.2, 0) is 6.61 Å². The normalized spacial score (nSPS) is 10.9. The Morgan fingerprint density at radius 2 is 2.05 bits per heavy atom. The zero-order chi connectivity index (χ0) is 16.1. The van der Waals surface area contributed by atoms with Crippen LogP contribution in [0.3, 0.4) is 0 Å². The maximum atomic E-state index is 7.87. The summed E-state index contributed by atoms with van der Waals surface area (Å²) in [6, 6.07) is 5.60. The summed E-state index contributed by atoms with van der Waals surface area (Å²) < 4.78 is 5.76. The summed E-state index contributed by atoms with van der Waals surface area (Å²) in [6.45, 7) is 1.99. The Morgan fingerprint density at radius 3 is 2.64 bits per heavy atom. The molecule has 1 unspecified atom stereocenters. The van der Waals surface area contributed by atoms with Gasteiger partial charge >= 0.3 is 0 Å². The first kappa shape index (κ1) is 17.7. The molecule has 2 N–H and O–H groups in total. The Kier molecular flexibility index (Phi) is 6.68. The molecule has 4 nitrogen and oxygen atoms in total. The second-order valence-electron chi connectivity index (χ2n) is 4.42. The molecule has 8 heteroatoms. The van der Waals surface area contributed by atoms with Crippen LogP contribution in [0.4, 0.5) is 5.69 Å². The molecule has 0 bridgehead atoms. The second kappa shape index (κ2) is 8.29. The van der Waals surface area contributed by atoms with Crippen LogP contribution in [0.25, 0.3) is 0 Å². The van der Waals surface area contributed by atoms with Crippen LogP contribution in [0.2, 0.25) is 10.0 Å². The lowest BCUT2D eigenvalue weighted by Gasteiger charge is -2.13. The Labute approximate surface area is 153 Å². The molecule has 1 aromatic heterocycles. The van der Waals surface area contributed by atoms with Gasteiger partial charge in [0.15, 0.2) is 0 Å². The van der Waals surface area contributed by atoms with Crippen LogP contribution in [0, 0.1) is 5.41 Å². The highest BCUT2D eigenvalue weighted by atomic mass is 127. The van der Waals surface area contributed by atoms with Gasteiger partial charge in [0.1, 0.15) is 12.4 Å². The Bertz CT molecular complexity index is 680. The van der Waals surface area contributed by atoms with E-state index in [1.165, 1.54) is 12.4 Å². The second-order valence-corrected chi connectivity index (χ2v) is 7.29. The van der Waals surface area contributed by atoms with Gasteiger partial charge in [0.25, 0.3) is 0 Å². The summed E-state index contributed by atoms with van der Waals surface area (Å²) in [5, 5.41) is 12.1. The van der Waals surface area contributed by atoms with Crippen LogP contribution in [0.15, 0.2) is 30.6 Å². The molecular formula is C14H13Cl2IN3OP. The van der Waals surface area contributed by atoms with Gasteiger partial charge in [0.2, 0.25) is 0 Å². The minimum atomic E-state index is 0.248. The van der Waals surface area contributed by atoms with E-state index >= 15 is 0 Å². The van der Waals surface area contributed by atoms with Crippen LogP contribution in [0.5, 0.6) is 5.75 Å². The molecule has 2 aromatic rings. The summed E-state index contributed by atoms with van der Waals surface area (Å²) in [7, 11) is 0. The molecule has 0 saturated carbocycles. The topological polar surface area (TPSA) is 58.0 Å². The molecule has 0 aliphatic carbocycles. The molecule has 0 aliphatic heterocycles. The Morgan fingerprint density at radius 1 is 1.36 bits per heavy atom. The molecule has 0 saturated heterocycles. The average Bonchev–Trinajstić information content (AvgIpc) is 2.48. The zero-order valence-corrected chi connectivity index (χ0v) is 16.3. The number of aromatic nitrogens is 1. The number of ether oxygens (including phenoxy) is 1. The van der Waals surface area contributed by atoms with Crippen molar-refractivity contribution >= 4 is 63.0 Å². The molecule has 0 amide bonds. The SMILES string of the molecule is CC(=N)c1cc(OCc2c(Cl)cncc2Cl)ccc1NPI. The third-order valence-electron chi connectivity index (χ3n) is 2.91. The van der Waals surface area contributed by atoms with Gasteiger partial charge in [-0.3, -0.25) is 4.98 Å². The average molecular weight is 468 g/mol. The van der Waals surface area contributed by atoms with Gasteiger partial charge in [-0.15, -0.1) is 0 Å². The number of halogens is 3. The molecule has 0 spiro atoms. The highest BCUT2D eigenvalue weighted by Gasteiger charge is 2.10. The zero-order valence-electron chi connectivity index (χ0n) is 11.6. The predicted octanol–water partition coefficient (Wildman–Crippen LogP) is 5.71. The maximum absolute atomic E-state index is 7.87. The molecule has 0 fully saturated rings. The quantitative estimate of drug-likeness (QED) is 0.325. The minimum absolute atomic E-state index is 0.248. The monoisotopic (exact) mass is 467 g/mol.